The summed E-state index contributed by atoms with van der Waals surface area (Å²) in [5.41, 5.74) is 1.96. The minimum atomic E-state index is 0.711. The molecule has 0 aliphatic heterocycles. The summed E-state index contributed by atoms with van der Waals surface area (Å²) in [6.07, 6.45) is 1.75. The smallest absolute Gasteiger partial charge is 0.148 e. The quantitative estimate of drug-likeness (QED) is 0.906. The fourth-order valence-electron chi connectivity index (χ4n) is 1.44. The first-order valence-corrected chi connectivity index (χ1v) is 5.39. The van der Waals surface area contributed by atoms with Gasteiger partial charge in [0.15, 0.2) is 0 Å². The molecule has 0 atom stereocenters. The molecule has 1 aromatic heterocycles. The standard InChI is InChI=1S/C10H9BrClNO/c1-13-4-6-5-14-10-8(6)2-7(12)3-9(10)11/h2-3,5,13H,4H2,1H3. The summed E-state index contributed by atoms with van der Waals surface area (Å²) in [6.45, 7) is 0.778. The number of furan rings is 1. The van der Waals surface area contributed by atoms with Crippen LogP contribution in [0, 0.1) is 0 Å². The van der Waals surface area contributed by atoms with Crippen LogP contribution in [-0.2, 0) is 6.54 Å². The topological polar surface area (TPSA) is 25.2 Å². The highest BCUT2D eigenvalue weighted by molar-refractivity contribution is 9.10. The maximum atomic E-state index is 5.96. The summed E-state index contributed by atoms with van der Waals surface area (Å²) in [5, 5.41) is 4.85. The number of halogens is 2. The Morgan fingerprint density at radius 2 is 2.29 bits per heavy atom. The lowest BCUT2D eigenvalue weighted by Gasteiger charge is -1.97. The highest BCUT2D eigenvalue weighted by Crippen LogP contribution is 2.31. The van der Waals surface area contributed by atoms with Gasteiger partial charge in [0.1, 0.15) is 5.58 Å². The number of fused-ring (bicyclic) bond motifs is 1. The molecule has 14 heavy (non-hydrogen) atoms. The summed E-state index contributed by atoms with van der Waals surface area (Å²) in [4.78, 5) is 0. The minimum absolute atomic E-state index is 0.711. The Morgan fingerprint density at radius 3 is 3.00 bits per heavy atom. The van der Waals surface area contributed by atoms with Crippen molar-refractivity contribution in [2.75, 3.05) is 7.05 Å². The summed E-state index contributed by atoms with van der Waals surface area (Å²) in [5.74, 6) is 0. The van der Waals surface area contributed by atoms with Crippen LogP contribution in [0.15, 0.2) is 27.3 Å². The third-order valence-corrected chi connectivity index (χ3v) is 2.85. The lowest BCUT2D eigenvalue weighted by Crippen LogP contribution is -2.03. The van der Waals surface area contributed by atoms with Crippen LogP contribution >= 0.6 is 27.5 Å². The molecule has 1 heterocycles. The second-order valence-electron chi connectivity index (χ2n) is 3.06. The number of nitrogens with one attached hydrogen (secondary N) is 1. The van der Waals surface area contributed by atoms with Gasteiger partial charge >= 0.3 is 0 Å². The Hall–Kier alpha value is -0.510. The Kier molecular flexibility index (Phi) is 2.81. The van der Waals surface area contributed by atoms with Crippen molar-refractivity contribution in [2.45, 2.75) is 6.54 Å². The Balaban J connectivity index is 2.66. The van der Waals surface area contributed by atoms with E-state index in [1.165, 1.54) is 0 Å². The Labute approximate surface area is 95.4 Å². The fourth-order valence-corrected chi connectivity index (χ4v) is 2.34. The van der Waals surface area contributed by atoms with E-state index >= 15 is 0 Å². The van der Waals surface area contributed by atoms with Crippen molar-refractivity contribution in [2.24, 2.45) is 0 Å². The third-order valence-electron chi connectivity index (χ3n) is 2.04. The summed E-state index contributed by atoms with van der Waals surface area (Å²) >= 11 is 9.37. The Bertz CT molecular complexity index is 466. The van der Waals surface area contributed by atoms with Crippen molar-refractivity contribution in [1.29, 1.82) is 0 Å². The zero-order chi connectivity index (χ0) is 10.1. The van der Waals surface area contributed by atoms with Gasteiger partial charge in [-0.2, -0.15) is 0 Å². The van der Waals surface area contributed by atoms with Crippen LogP contribution in [-0.4, -0.2) is 7.05 Å². The van der Waals surface area contributed by atoms with Gasteiger partial charge < -0.3 is 9.73 Å². The first-order chi connectivity index (χ1) is 6.72. The first-order valence-electron chi connectivity index (χ1n) is 4.22. The fraction of sp³-hybridized carbons (Fsp3) is 0.200. The molecular formula is C10H9BrClNO. The molecule has 0 saturated carbocycles. The number of rotatable bonds is 2. The maximum Gasteiger partial charge on any atom is 0.148 e. The van der Waals surface area contributed by atoms with Crippen LogP contribution in [0.25, 0.3) is 11.0 Å². The molecule has 2 aromatic rings. The lowest BCUT2D eigenvalue weighted by molar-refractivity contribution is 0.605. The van der Waals surface area contributed by atoms with E-state index in [4.69, 9.17) is 16.0 Å². The van der Waals surface area contributed by atoms with Crippen LogP contribution in [0.4, 0.5) is 0 Å². The van der Waals surface area contributed by atoms with Crippen LogP contribution in [0.2, 0.25) is 5.02 Å². The van der Waals surface area contributed by atoms with Crippen LogP contribution < -0.4 is 5.32 Å². The van der Waals surface area contributed by atoms with E-state index in [0.29, 0.717) is 5.02 Å². The van der Waals surface area contributed by atoms with E-state index in [1.807, 2.05) is 19.2 Å². The van der Waals surface area contributed by atoms with Gasteiger partial charge in [0.05, 0.1) is 10.7 Å². The zero-order valence-electron chi connectivity index (χ0n) is 7.60. The van der Waals surface area contributed by atoms with Crippen molar-refractivity contribution in [1.82, 2.24) is 5.32 Å². The lowest BCUT2D eigenvalue weighted by atomic mass is 10.2. The minimum Gasteiger partial charge on any atom is -0.463 e. The molecule has 0 aliphatic rings. The zero-order valence-corrected chi connectivity index (χ0v) is 9.95. The largest absolute Gasteiger partial charge is 0.463 e. The van der Waals surface area contributed by atoms with Gasteiger partial charge in [-0.1, -0.05) is 11.6 Å². The van der Waals surface area contributed by atoms with Crippen LogP contribution in [0.1, 0.15) is 5.56 Å². The Morgan fingerprint density at radius 1 is 1.50 bits per heavy atom. The SMILES string of the molecule is CNCc1coc2c(Br)cc(Cl)cc12. The van der Waals surface area contributed by atoms with Gasteiger partial charge in [-0.25, -0.2) is 0 Å². The number of hydrogen-bond donors (Lipinski definition) is 1. The maximum absolute atomic E-state index is 5.96. The van der Waals surface area contributed by atoms with Crippen molar-refractivity contribution < 1.29 is 4.42 Å². The molecule has 0 aliphatic carbocycles. The third kappa shape index (κ3) is 1.67. The predicted molar refractivity (Wildman–Crippen MR) is 61.7 cm³/mol. The van der Waals surface area contributed by atoms with E-state index in [-0.39, 0.29) is 0 Å². The molecule has 74 valence electrons. The second-order valence-corrected chi connectivity index (χ2v) is 4.35. The predicted octanol–water partition coefficient (Wildman–Crippen LogP) is 3.57. The average molecular weight is 275 g/mol. The molecule has 2 rings (SSSR count). The van der Waals surface area contributed by atoms with Crippen molar-refractivity contribution >= 4 is 38.5 Å². The van der Waals surface area contributed by atoms with Gasteiger partial charge in [0, 0.05) is 22.5 Å². The highest BCUT2D eigenvalue weighted by atomic mass is 79.9. The van der Waals surface area contributed by atoms with E-state index in [1.54, 1.807) is 6.26 Å². The molecule has 0 unspecified atom stereocenters. The monoisotopic (exact) mass is 273 g/mol. The number of hydrogen-bond acceptors (Lipinski definition) is 2. The molecule has 0 saturated heterocycles. The van der Waals surface area contributed by atoms with Crippen molar-refractivity contribution in [3.63, 3.8) is 0 Å². The molecule has 0 amide bonds. The molecule has 1 aromatic carbocycles. The molecule has 0 fully saturated rings. The van der Waals surface area contributed by atoms with Crippen molar-refractivity contribution in [3.8, 4) is 0 Å². The molecule has 0 spiro atoms. The van der Waals surface area contributed by atoms with Crippen molar-refractivity contribution in [3.05, 3.63) is 33.5 Å². The average Bonchev–Trinajstić information content (AvgIpc) is 2.49. The van der Waals surface area contributed by atoms with E-state index in [0.717, 1.165) is 27.6 Å². The molecule has 0 bridgehead atoms. The summed E-state index contributed by atoms with van der Waals surface area (Å²) < 4.78 is 6.33. The van der Waals surface area contributed by atoms with E-state index in [2.05, 4.69) is 21.2 Å². The molecule has 4 heteroatoms. The van der Waals surface area contributed by atoms with Gasteiger partial charge in [-0.05, 0) is 35.1 Å². The molecule has 1 N–H and O–H groups in total. The van der Waals surface area contributed by atoms with Gasteiger partial charge in [0.25, 0.3) is 0 Å². The van der Waals surface area contributed by atoms with E-state index in [9.17, 15) is 0 Å². The summed E-state index contributed by atoms with van der Waals surface area (Å²) in [6, 6.07) is 3.74. The highest BCUT2D eigenvalue weighted by Gasteiger charge is 2.09. The first kappa shape index (κ1) is 10.0. The summed E-state index contributed by atoms with van der Waals surface area (Å²) in [7, 11) is 1.90. The van der Waals surface area contributed by atoms with Gasteiger partial charge in [-0.3, -0.25) is 0 Å². The van der Waals surface area contributed by atoms with Gasteiger partial charge in [0.2, 0.25) is 0 Å². The molecule has 0 radical (unpaired) electrons. The van der Waals surface area contributed by atoms with Gasteiger partial charge in [-0.15, -0.1) is 0 Å². The van der Waals surface area contributed by atoms with Crippen LogP contribution in [0.3, 0.4) is 0 Å². The van der Waals surface area contributed by atoms with Crippen LogP contribution in [0.5, 0.6) is 0 Å². The molecule has 2 nitrogen and oxygen atoms in total. The number of benzene rings is 1. The second kappa shape index (κ2) is 3.93. The molecular weight excluding hydrogens is 265 g/mol. The normalized spacial score (nSPS) is 11.1. The van der Waals surface area contributed by atoms with E-state index < -0.39 is 0 Å².